The van der Waals surface area contributed by atoms with E-state index in [1.54, 1.807) is 14.2 Å². The summed E-state index contributed by atoms with van der Waals surface area (Å²) in [5.41, 5.74) is 1.97. The van der Waals surface area contributed by atoms with Gasteiger partial charge in [0.25, 0.3) is 0 Å². The van der Waals surface area contributed by atoms with Crippen molar-refractivity contribution >= 4 is 5.91 Å². The molecule has 2 aromatic carbocycles. The van der Waals surface area contributed by atoms with E-state index < -0.39 is 0 Å². The minimum absolute atomic E-state index is 0.0204. The van der Waals surface area contributed by atoms with Crippen molar-refractivity contribution in [2.45, 2.75) is 19.6 Å². The Hall–Kier alpha value is -2.53. The molecule has 0 saturated carbocycles. The first-order chi connectivity index (χ1) is 11.6. The number of amides is 1. The maximum absolute atomic E-state index is 12.0. The molecule has 1 unspecified atom stereocenters. The van der Waals surface area contributed by atoms with Crippen molar-refractivity contribution in [1.82, 2.24) is 5.32 Å². The summed E-state index contributed by atoms with van der Waals surface area (Å²) in [6, 6.07) is 15.2. The first kappa shape index (κ1) is 17.8. The van der Waals surface area contributed by atoms with E-state index in [2.05, 4.69) is 5.32 Å². The number of hydrogen-bond donors (Lipinski definition) is 1. The van der Waals surface area contributed by atoms with Gasteiger partial charge in [-0.15, -0.1) is 0 Å². The van der Waals surface area contributed by atoms with Gasteiger partial charge in [0, 0.05) is 0 Å². The maximum Gasteiger partial charge on any atom is 0.246 e. The SMILES string of the molecule is COc1ccc(C(C)NC(=O)COCc2ccccc2)cc1OC. The quantitative estimate of drug-likeness (QED) is 0.808. The van der Waals surface area contributed by atoms with Crippen molar-refractivity contribution in [3.05, 3.63) is 59.7 Å². The minimum Gasteiger partial charge on any atom is -0.493 e. The van der Waals surface area contributed by atoms with Crippen LogP contribution in [0.5, 0.6) is 11.5 Å². The molecule has 128 valence electrons. The van der Waals surface area contributed by atoms with Crippen LogP contribution in [0.4, 0.5) is 0 Å². The Kier molecular flexibility index (Phi) is 6.63. The molecular formula is C19H23NO4. The van der Waals surface area contributed by atoms with Gasteiger partial charge < -0.3 is 19.5 Å². The van der Waals surface area contributed by atoms with Crippen molar-refractivity contribution in [3.63, 3.8) is 0 Å². The van der Waals surface area contributed by atoms with Gasteiger partial charge in [-0.1, -0.05) is 36.4 Å². The molecule has 1 atom stereocenters. The third-order valence-electron chi connectivity index (χ3n) is 3.63. The summed E-state index contributed by atoms with van der Waals surface area (Å²) in [5.74, 6) is 1.13. The lowest BCUT2D eigenvalue weighted by Crippen LogP contribution is -2.30. The molecule has 0 aliphatic carbocycles. The molecule has 0 aliphatic rings. The van der Waals surface area contributed by atoms with E-state index in [0.29, 0.717) is 18.1 Å². The molecule has 1 N–H and O–H groups in total. The summed E-state index contributed by atoms with van der Waals surface area (Å²) in [6.45, 7) is 2.35. The van der Waals surface area contributed by atoms with Crippen LogP contribution in [0.1, 0.15) is 24.1 Å². The normalized spacial score (nSPS) is 11.6. The topological polar surface area (TPSA) is 56.8 Å². The standard InChI is InChI=1S/C19H23NO4/c1-14(16-9-10-17(22-2)18(11-16)23-3)20-19(21)13-24-12-15-7-5-4-6-8-15/h4-11,14H,12-13H2,1-3H3,(H,20,21). The highest BCUT2D eigenvalue weighted by Crippen LogP contribution is 2.29. The zero-order chi connectivity index (χ0) is 17.4. The third-order valence-corrected chi connectivity index (χ3v) is 3.63. The van der Waals surface area contributed by atoms with Crippen molar-refractivity contribution in [2.75, 3.05) is 20.8 Å². The van der Waals surface area contributed by atoms with Crippen LogP contribution < -0.4 is 14.8 Å². The molecule has 0 aromatic heterocycles. The molecule has 2 aromatic rings. The van der Waals surface area contributed by atoms with Crippen LogP contribution in [0.25, 0.3) is 0 Å². The van der Waals surface area contributed by atoms with Gasteiger partial charge in [0.15, 0.2) is 11.5 Å². The van der Waals surface area contributed by atoms with E-state index in [1.807, 2.05) is 55.5 Å². The van der Waals surface area contributed by atoms with Gasteiger partial charge in [-0.2, -0.15) is 0 Å². The molecule has 0 heterocycles. The van der Waals surface area contributed by atoms with Gasteiger partial charge in [0.1, 0.15) is 6.61 Å². The molecule has 2 rings (SSSR count). The Morgan fingerprint density at radius 2 is 1.75 bits per heavy atom. The van der Waals surface area contributed by atoms with E-state index in [4.69, 9.17) is 14.2 Å². The Morgan fingerprint density at radius 3 is 2.42 bits per heavy atom. The number of ether oxygens (including phenoxy) is 3. The molecule has 1 amide bonds. The molecule has 5 heteroatoms. The zero-order valence-corrected chi connectivity index (χ0v) is 14.2. The molecule has 0 bridgehead atoms. The van der Waals surface area contributed by atoms with Crippen LogP contribution >= 0.6 is 0 Å². The highest BCUT2D eigenvalue weighted by Gasteiger charge is 2.12. The lowest BCUT2D eigenvalue weighted by Gasteiger charge is -2.16. The van der Waals surface area contributed by atoms with E-state index in [1.165, 1.54) is 0 Å². The Balaban J connectivity index is 1.85. The highest BCUT2D eigenvalue weighted by molar-refractivity contribution is 5.77. The molecular weight excluding hydrogens is 306 g/mol. The fourth-order valence-electron chi connectivity index (χ4n) is 2.32. The average Bonchev–Trinajstić information content (AvgIpc) is 2.61. The number of hydrogen-bond acceptors (Lipinski definition) is 4. The largest absolute Gasteiger partial charge is 0.493 e. The fourth-order valence-corrected chi connectivity index (χ4v) is 2.32. The van der Waals surface area contributed by atoms with E-state index in [0.717, 1.165) is 11.1 Å². The average molecular weight is 329 g/mol. The first-order valence-corrected chi connectivity index (χ1v) is 7.77. The summed E-state index contributed by atoms with van der Waals surface area (Å²) < 4.78 is 15.9. The maximum atomic E-state index is 12.0. The van der Waals surface area contributed by atoms with Crippen LogP contribution in [0.2, 0.25) is 0 Å². The smallest absolute Gasteiger partial charge is 0.246 e. The van der Waals surface area contributed by atoms with Gasteiger partial charge in [0.05, 0.1) is 26.9 Å². The van der Waals surface area contributed by atoms with Gasteiger partial charge >= 0.3 is 0 Å². The van der Waals surface area contributed by atoms with Crippen LogP contribution in [-0.2, 0) is 16.1 Å². The summed E-state index contributed by atoms with van der Waals surface area (Å²) in [7, 11) is 3.18. The summed E-state index contributed by atoms with van der Waals surface area (Å²) in [5, 5.41) is 2.91. The molecule has 0 fully saturated rings. The second kappa shape index (κ2) is 8.93. The lowest BCUT2D eigenvalue weighted by atomic mass is 10.1. The summed E-state index contributed by atoms with van der Waals surface area (Å²) in [6.07, 6.45) is 0. The molecule has 0 saturated heterocycles. The van der Waals surface area contributed by atoms with E-state index in [-0.39, 0.29) is 18.6 Å². The van der Waals surface area contributed by atoms with E-state index in [9.17, 15) is 4.79 Å². The van der Waals surface area contributed by atoms with Crippen LogP contribution in [0.15, 0.2) is 48.5 Å². The van der Waals surface area contributed by atoms with Crippen LogP contribution in [0.3, 0.4) is 0 Å². The Labute approximate surface area is 142 Å². The van der Waals surface area contributed by atoms with Crippen molar-refractivity contribution in [1.29, 1.82) is 0 Å². The van der Waals surface area contributed by atoms with Crippen molar-refractivity contribution < 1.29 is 19.0 Å². The lowest BCUT2D eigenvalue weighted by molar-refractivity contribution is -0.126. The third kappa shape index (κ3) is 4.99. The molecule has 5 nitrogen and oxygen atoms in total. The molecule has 0 spiro atoms. The van der Waals surface area contributed by atoms with Crippen molar-refractivity contribution in [2.24, 2.45) is 0 Å². The molecule has 0 aliphatic heterocycles. The number of carbonyl (C=O) groups is 1. The number of benzene rings is 2. The number of rotatable bonds is 8. The number of nitrogens with one attached hydrogen (secondary N) is 1. The number of carbonyl (C=O) groups excluding carboxylic acids is 1. The van der Waals surface area contributed by atoms with Gasteiger partial charge in [-0.05, 0) is 30.2 Å². The first-order valence-electron chi connectivity index (χ1n) is 7.77. The highest BCUT2D eigenvalue weighted by atomic mass is 16.5. The Bertz CT molecular complexity index is 658. The van der Waals surface area contributed by atoms with Crippen LogP contribution in [-0.4, -0.2) is 26.7 Å². The Morgan fingerprint density at radius 1 is 1.04 bits per heavy atom. The van der Waals surface area contributed by atoms with Gasteiger partial charge in [0.2, 0.25) is 5.91 Å². The monoisotopic (exact) mass is 329 g/mol. The predicted octanol–water partition coefficient (Wildman–Crippen LogP) is 3.10. The van der Waals surface area contributed by atoms with E-state index >= 15 is 0 Å². The van der Waals surface area contributed by atoms with Gasteiger partial charge in [-0.3, -0.25) is 4.79 Å². The second-order valence-electron chi connectivity index (χ2n) is 5.38. The molecule has 24 heavy (non-hydrogen) atoms. The van der Waals surface area contributed by atoms with Crippen molar-refractivity contribution in [3.8, 4) is 11.5 Å². The summed E-state index contributed by atoms with van der Waals surface area (Å²) in [4.78, 5) is 12.0. The fraction of sp³-hybridized carbons (Fsp3) is 0.316. The second-order valence-corrected chi connectivity index (χ2v) is 5.38. The zero-order valence-electron chi connectivity index (χ0n) is 14.2. The molecule has 0 radical (unpaired) electrons. The minimum atomic E-state index is -0.159. The predicted molar refractivity (Wildman–Crippen MR) is 92.2 cm³/mol. The van der Waals surface area contributed by atoms with Crippen LogP contribution in [0, 0.1) is 0 Å². The number of methoxy groups -OCH3 is 2. The van der Waals surface area contributed by atoms with Gasteiger partial charge in [-0.25, -0.2) is 0 Å². The summed E-state index contributed by atoms with van der Waals surface area (Å²) >= 11 is 0.